The Labute approximate surface area is 66.4 Å². The van der Waals surface area contributed by atoms with E-state index < -0.39 is 11.3 Å². The molecule has 5 heteroatoms. The van der Waals surface area contributed by atoms with Gasteiger partial charge < -0.3 is 4.55 Å². The van der Waals surface area contributed by atoms with Gasteiger partial charge in [-0.15, -0.1) is 0 Å². The third-order valence-electron chi connectivity index (χ3n) is 0.972. The molecule has 1 aromatic heterocycles. The molecule has 1 heterocycles. The van der Waals surface area contributed by atoms with Gasteiger partial charge in [-0.25, -0.2) is 4.40 Å². The van der Waals surface area contributed by atoms with Gasteiger partial charge in [0, 0.05) is 24.2 Å². The molecule has 0 aliphatic rings. The molecule has 0 saturated heterocycles. The Bertz CT molecular complexity index is 273. The topological polar surface area (TPSA) is 65.4 Å². The van der Waals surface area contributed by atoms with Crippen LogP contribution in [0.1, 0.15) is 5.56 Å². The lowest BCUT2D eigenvalue weighted by molar-refractivity contribution is 0.539. The lowest BCUT2D eigenvalue weighted by atomic mass is 10.3. The van der Waals surface area contributed by atoms with Gasteiger partial charge in [0.15, 0.2) is 0 Å². The normalized spacial score (nSPS) is 13.5. The van der Waals surface area contributed by atoms with E-state index in [9.17, 15) is 8.76 Å². The lowest BCUT2D eigenvalue weighted by Gasteiger charge is -1.93. The van der Waals surface area contributed by atoms with Crippen LogP contribution in [0.25, 0.3) is 0 Å². The van der Waals surface area contributed by atoms with Crippen molar-refractivity contribution in [2.75, 3.05) is 0 Å². The highest BCUT2D eigenvalue weighted by molar-refractivity contribution is 7.77. The van der Waals surface area contributed by atoms with Crippen LogP contribution in [-0.2, 0) is 11.3 Å². The molecule has 0 aromatic carbocycles. The summed E-state index contributed by atoms with van der Waals surface area (Å²) in [7, 11) is 0. The van der Waals surface area contributed by atoms with Crippen LogP contribution in [0.4, 0.5) is 0 Å². The lowest BCUT2D eigenvalue weighted by Crippen LogP contribution is -1.85. The minimum Gasteiger partial charge on any atom is -0.754 e. The minimum absolute atomic E-state index is 0.664. The maximum Gasteiger partial charge on any atom is 0.0676 e. The molecule has 58 valence electrons. The van der Waals surface area contributed by atoms with Crippen LogP contribution in [0.5, 0.6) is 0 Å². The number of aromatic nitrogens is 1. The second-order valence-electron chi connectivity index (χ2n) is 1.74. The van der Waals surface area contributed by atoms with Crippen LogP contribution in [0.2, 0.25) is 0 Å². The largest absolute Gasteiger partial charge is 0.754 e. The average Bonchev–Trinajstić information content (AvgIpc) is 2.03. The zero-order chi connectivity index (χ0) is 8.10. The molecule has 1 rings (SSSR count). The van der Waals surface area contributed by atoms with Gasteiger partial charge in [-0.05, 0) is 6.07 Å². The molecule has 0 aliphatic carbocycles. The number of rotatable bonds is 2. The van der Waals surface area contributed by atoms with Crippen molar-refractivity contribution in [1.29, 1.82) is 0 Å². The van der Waals surface area contributed by atoms with Gasteiger partial charge in [0.05, 0.1) is 11.3 Å². The first-order valence-electron chi connectivity index (χ1n) is 2.82. The van der Waals surface area contributed by atoms with Crippen LogP contribution in [0.15, 0.2) is 28.9 Å². The molecule has 0 bridgehead atoms. The molecule has 1 unspecified atom stereocenters. The van der Waals surface area contributed by atoms with E-state index in [0.717, 1.165) is 0 Å². The van der Waals surface area contributed by atoms with Gasteiger partial charge in [-0.3, -0.25) is 9.19 Å². The number of nitrogens with zero attached hydrogens (tertiary/aromatic N) is 2. The van der Waals surface area contributed by atoms with Crippen molar-refractivity contribution in [3.05, 3.63) is 30.1 Å². The van der Waals surface area contributed by atoms with Gasteiger partial charge in [0.2, 0.25) is 0 Å². The minimum atomic E-state index is -2.37. The van der Waals surface area contributed by atoms with Crippen LogP contribution < -0.4 is 0 Å². The highest BCUT2D eigenvalue weighted by Crippen LogP contribution is 1.90. The predicted octanol–water partition coefficient (Wildman–Crippen LogP) is 0.295. The summed E-state index contributed by atoms with van der Waals surface area (Å²) in [5, 5.41) is 0. The van der Waals surface area contributed by atoms with Crippen molar-refractivity contribution in [3.63, 3.8) is 0 Å². The summed E-state index contributed by atoms with van der Waals surface area (Å²) < 4.78 is 23.1. The Morgan fingerprint density at radius 3 is 3.09 bits per heavy atom. The Balaban J connectivity index is 2.72. The van der Waals surface area contributed by atoms with E-state index in [4.69, 9.17) is 0 Å². The van der Waals surface area contributed by atoms with Crippen LogP contribution in [0.3, 0.4) is 0 Å². The van der Waals surface area contributed by atoms with Crippen molar-refractivity contribution in [2.24, 2.45) is 4.40 Å². The van der Waals surface area contributed by atoms with Gasteiger partial charge >= 0.3 is 0 Å². The second-order valence-corrected chi connectivity index (χ2v) is 2.38. The molecule has 1 atom stereocenters. The summed E-state index contributed by atoms with van der Waals surface area (Å²) in [6.45, 7) is 0. The van der Waals surface area contributed by atoms with E-state index in [0.29, 0.717) is 5.56 Å². The molecule has 0 N–H and O–H groups in total. The van der Waals surface area contributed by atoms with Crippen LogP contribution in [0, 0.1) is 0 Å². The third kappa shape index (κ3) is 3.01. The molecule has 0 aliphatic heterocycles. The fourth-order valence-electron chi connectivity index (χ4n) is 0.556. The Kier molecular flexibility index (Phi) is 2.88. The molecule has 0 spiro atoms. The van der Waals surface area contributed by atoms with Gasteiger partial charge in [-0.1, -0.05) is 6.07 Å². The average molecular weight is 169 g/mol. The van der Waals surface area contributed by atoms with Gasteiger partial charge in [0.1, 0.15) is 0 Å². The van der Waals surface area contributed by atoms with Crippen molar-refractivity contribution in [1.82, 2.24) is 4.98 Å². The van der Waals surface area contributed by atoms with Crippen molar-refractivity contribution in [2.45, 2.75) is 0 Å². The summed E-state index contributed by atoms with van der Waals surface area (Å²) >= 11 is -2.37. The molecule has 0 amide bonds. The first-order valence-corrected chi connectivity index (χ1v) is 3.86. The molecule has 4 nitrogen and oxygen atoms in total. The first kappa shape index (κ1) is 8.03. The van der Waals surface area contributed by atoms with E-state index in [1.165, 1.54) is 12.4 Å². The Morgan fingerprint density at radius 2 is 2.55 bits per heavy atom. The molecular weight excluding hydrogens is 164 g/mol. The SMILES string of the molecule is O=S([O-])N=Cc1cccnc1. The summed E-state index contributed by atoms with van der Waals surface area (Å²) in [4.78, 5) is 3.77. The second kappa shape index (κ2) is 3.95. The third-order valence-corrected chi connectivity index (χ3v) is 1.25. The molecule has 0 saturated carbocycles. The number of hydrogen-bond donors (Lipinski definition) is 0. The fraction of sp³-hybridized carbons (Fsp3) is 0. The Morgan fingerprint density at radius 1 is 1.73 bits per heavy atom. The fourth-order valence-corrected chi connectivity index (χ4v) is 0.764. The highest BCUT2D eigenvalue weighted by Gasteiger charge is 1.82. The standard InChI is InChI=1S/C6H6N2O2S/c9-11(10)8-5-6-2-1-3-7-4-6/h1-5H,(H,9,10)/p-1. The first-order chi connectivity index (χ1) is 5.29. The zero-order valence-corrected chi connectivity index (χ0v) is 6.32. The monoisotopic (exact) mass is 169 g/mol. The maximum atomic E-state index is 9.95. The predicted molar refractivity (Wildman–Crippen MR) is 40.8 cm³/mol. The summed E-state index contributed by atoms with van der Waals surface area (Å²) in [6, 6.07) is 3.42. The van der Waals surface area contributed by atoms with E-state index in [1.807, 2.05) is 0 Å². The van der Waals surface area contributed by atoms with Gasteiger partial charge in [-0.2, -0.15) is 0 Å². The number of pyridine rings is 1. The summed E-state index contributed by atoms with van der Waals surface area (Å²) in [6.07, 6.45) is 4.36. The molecule has 11 heavy (non-hydrogen) atoms. The quantitative estimate of drug-likeness (QED) is 0.472. The molecular formula is C6H5N2O2S-. The van der Waals surface area contributed by atoms with E-state index >= 15 is 0 Å². The van der Waals surface area contributed by atoms with E-state index in [-0.39, 0.29) is 0 Å². The van der Waals surface area contributed by atoms with Crippen molar-refractivity contribution < 1.29 is 8.76 Å². The summed E-state index contributed by atoms with van der Waals surface area (Å²) in [5.41, 5.74) is 0.664. The van der Waals surface area contributed by atoms with E-state index in [2.05, 4.69) is 9.38 Å². The smallest absolute Gasteiger partial charge is 0.0676 e. The zero-order valence-electron chi connectivity index (χ0n) is 5.51. The molecule has 0 fully saturated rings. The van der Waals surface area contributed by atoms with Gasteiger partial charge in [0.25, 0.3) is 0 Å². The van der Waals surface area contributed by atoms with E-state index in [1.54, 1.807) is 18.3 Å². The number of hydrogen-bond acceptors (Lipinski definition) is 3. The summed E-state index contributed by atoms with van der Waals surface area (Å²) in [5.74, 6) is 0. The molecule has 1 aromatic rings. The van der Waals surface area contributed by atoms with Crippen molar-refractivity contribution in [3.8, 4) is 0 Å². The van der Waals surface area contributed by atoms with Crippen molar-refractivity contribution >= 4 is 17.5 Å². The molecule has 0 radical (unpaired) electrons. The van der Waals surface area contributed by atoms with Crippen LogP contribution in [-0.4, -0.2) is 20.0 Å². The maximum absolute atomic E-state index is 9.95. The highest BCUT2D eigenvalue weighted by atomic mass is 32.2. The van der Waals surface area contributed by atoms with Crippen LogP contribution >= 0.6 is 0 Å². The Hall–Kier alpha value is -1.07.